The van der Waals surface area contributed by atoms with Crippen LogP contribution in [0.25, 0.3) is 0 Å². The van der Waals surface area contributed by atoms with Crippen molar-refractivity contribution in [1.82, 2.24) is 4.98 Å². The molecule has 1 aromatic carbocycles. The number of aromatic nitrogens is 1. The van der Waals surface area contributed by atoms with Crippen LogP contribution < -0.4 is 0 Å². The van der Waals surface area contributed by atoms with Gasteiger partial charge in [0.2, 0.25) is 0 Å². The third-order valence-corrected chi connectivity index (χ3v) is 5.24. The highest BCUT2D eigenvalue weighted by molar-refractivity contribution is 6.11. The fourth-order valence-electron chi connectivity index (χ4n) is 3.85. The van der Waals surface area contributed by atoms with Crippen molar-refractivity contribution in [2.75, 3.05) is 0 Å². The monoisotopic (exact) mass is 320 g/mol. The van der Waals surface area contributed by atoms with Crippen LogP contribution in [0.5, 0.6) is 0 Å². The van der Waals surface area contributed by atoms with Crippen molar-refractivity contribution < 1.29 is 0 Å². The smallest absolute Gasteiger partial charge is 0.0906 e. The molecule has 1 aromatic heterocycles. The lowest BCUT2D eigenvalue weighted by Crippen LogP contribution is -2.32. The lowest BCUT2D eigenvalue weighted by molar-refractivity contribution is 0.201. The van der Waals surface area contributed by atoms with E-state index in [0.717, 1.165) is 22.9 Å². The Balaban J connectivity index is 2.02. The molecule has 1 heterocycles. The van der Waals surface area contributed by atoms with Crippen LogP contribution >= 0.6 is 0 Å². The zero-order valence-corrected chi connectivity index (χ0v) is 15.0. The van der Waals surface area contributed by atoms with Gasteiger partial charge in [-0.2, -0.15) is 0 Å². The van der Waals surface area contributed by atoms with E-state index in [-0.39, 0.29) is 0 Å². The van der Waals surface area contributed by atoms with Gasteiger partial charge in [-0.3, -0.25) is 9.98 Å². The van der Waals surface area contributed by atoms with Crippen molar-refractivity contribution in [3.05, 3.63) is 66.0 Å². The average Bonchev–Trinajstić information content (AvgIpc) is 2.61. The Morgan fingerprint density at radius 1 is 1.04 bits per heavy atom. The second kappa shape index (κ2) is 7.74. The summed E-state index contributed by atoms with van der Waals surface area (Å²) >= 11 is 0. The first-order valence-electron chi connectivity index (χ1n) is 9.19. The molecule has 0 radical (unpaired) electrons. The predicted octanol–water partition coefficient (Wildman–Crippen LogP) is 5.38. The molecule has 0 spiro atoms. The Hall–Kier alpha value is -1.96. The van der Waals surface area contributed by atoms with Gasteiger partial charge in [0.05, 0.1) is 17.4 Å². The molecule has 3 rings (SSSR count). The zero-order valence-electron chi connectivity index (χ0n) is 15.0. The molecule has 2 aromatic rings. The highest BCUT2D eigenvalue weighted by Gasteiger charge is 2.31. The molecule has 0 bridgehead atoms. The molecule has 0 N–H and O–H groups in total. The summed E-state index contributed by atoms with van der Waals surface area (Å²) in [5, 5.41) is 0. The Morgan fingerprint density at radius 2 is 1.79 bits per heavy atom. The molecule has 0 unspecified atom stereocenters. The van der Waals surface area contributed by atoms with Gasteiger partial charge in [-0.05, 0) is 42.7 Å². The second-order valence-electron chi connectivity index (χ2n) is 7.45. The van der Waals surface area contributed by atoms with Gasteiger partial charge in [0, 0.05) is 11.8 Å². The molecule has 0 aliphatic heterocycles. The molecule has 0 saturated heterocycles. The maximum Gasteiger partial charge on any atom is 0.0906 e. The minimum Gasteiger partial charge on any atom is -0.279 e. The summed E-state index contributed by atoms with van der Waals surface area (Å²) in [5.41, 5.74) is 3.18. The van der Waals surface area contributed by atoms with Crippen LogP contribution in [0.3, 0.4) is 0 Å². The molecule has 2 heteroatoms. The SMILES string of the molecule is CC(C)[C@@H]1CC[C@@H](C)C[C@H]1N=C(c1ccccc1)c1ccccn1. The predicted molar refractivity (Wildman–Crippen MR) is 101 cm³/mol. The van der Waals surface area contributed by atoms with Crippen LogP contribution in [-0.2, 0) is 0 Å². The number of nitrogens with zero attached hydrogens (tertiary/aromatic N) is 2. The van der Waals surface area contributed by atoms with Crippen LogP contribution in [0.4, 0.5) is 0 Å². The third-order valence-electron chi connectivity index (χ3n) is 5.24. The van der Waals surface area contributed by atoms with E-state index >= 15 is 0 Å². The number of hydrogen-bond donors (Lipinski definition) is 0. The zero-order chi connectivity index (χ0) is 16.9. The fraction of sp³-hybridized carbons (Fsp3) is 0.455. The number of benzene rings is 1. The molecule has 1 fully saturated rings. The summed E-state index contributed by atoms with van der Waals surface area (Å²) in [4.78, 5) is 9.86. The Kier molecular flexibility index (Phi) is 5.44. The minimum atomic E-state index is 0.394. The van der Waals surface area contributed by atoms with Crippen molar-refractivity contribution in [2.45, 2.75) is 46.1 Å². The highest BCUT2D eigenvalue weighted by Crippen LogP contribution is 2.36. The van der Waals surface area contributed by atoms with E-state index in [9.17, 15) is 0 Å². The summed E-state index contributed by atoms with van der Waals surface area (Å²) in [6.45, 7) is 7.04. The fourth-order valence-corrected chi connectivity index (χ4v) is 3.85. The van der Waals surface area contributed by atoms with Gasteiger partial charge in [-0.25, -0.2) is 0 Å². The standard InChI is InChI=1S/C22H28N2/c1-16(2)19-13-12-17(3)15-21(19)24-22(18-9-5-4-6-10-18)20-11-7-8-14-23-20/h4-11,14,16-17,19,21H,12-13,15H2,1-3H3/t17-,19+,21-/m1/s1. The first-order chi connectivity index (χ1) is 11.6. The van der Waals surface area contributed by atoms with Crippen LogP contribution in [0.15, 0.2) is 59.7 Å². The number of aliphatic imine (C=N–C) groups is 1. The maximum absolute atomic E-state index is 5.28. The third kappa shape index (κ3) is 3.92. The number of rotatable bonds is 4. The van der Waals surface area contributed by atoms with Gasteiger partial charge in [-0.15, -0.1) is 0 Å². The Bertz CT molecular complexity index is 619. The number of hydrogen-bond acceptors (Lipinski definition) is 2. The molecule has 24 heavy (non-hydrogen) atoms. The van der Waals surface area contributed by atoms with E-state index in [1.807, 2.05) is 18.3 Å². The molecular weight excluding hydrogens is 292 g/mol. The molecule has 1 saturated carbocycles. The molecule has 126 valence electrons. The summed E-state index contributed by atoms with van der Waals surface area (Å²) in [5.74, 6) is 2.10. The van der Waals surface area contributed by atoms with Crippen LogP contribution in [0, 0.1) is 17.8 Å². The lowest BCUT2D eigenvalue weighted by atomic mass is 9.74. The molecule has 2 nitrogen and oxygen atoms in total. The van der Waals surface area contributed by atoms with Gasteiger partial charge < -0.3 is 0 Å². The van der Waals surface area contributed by atoms with Gasteiger partial charge in [0.25, 0.3) is 0 Å². The van der Waals surface area contributed by atoms with Crippen molar-refractivity contribution in [1.29, 1.82) is 0 Å². The molecule has 1 aliphatic rings. The van der Waals surface area contributed by atoms with E-state index in [1.54, 1.807) is 0 Å². The molecule has 0 amide bonds. The molecule has 1 aliphatic carbocycles. The Morgan fingerprint density at radius 3 is 2.46 bits per heavy atom. The van der Waals surface area contributed by atoms with Crippen molar-refractivity contribution in [2.24, 2.45) is 22.7 Å². The first-order valence-corrected chi connectivity index (χ1v) is 9.19. The van der Waals surface area contributed by atoms with Crippen molar-refractivity contribution >= 4 is 5.71 Å². The average molecular weight is 320 g/mol. The van der Waals surface area contributed by atoms with E-state index in [1.165, 1.54) is 19.3 Å². The minimum absolute atomic E-state index is 0.394. The summed E-state index contributed by atoms with van der Waals surface area (Å²) in [7, 11) is 0. The van der Waals surface area contributed by atoms with Gasteiger partial charge in [0.1, 0.15) is 0 Å². The summed E-state index contributed by atoms with van der Waals surface area (Å²) in [6.07, 6.45) is 5.67. The quantitative estimate of drug-likeness (QED) is 0.694. The van der Waals surface area contributed by atoms with Crippen LogP contribution in [0.2, 0.25) is 0 Å². The van der Waals surface area contributed by atoms with Gasteiger partial charge in [-0.1, -0.05) is 63.6 Å². The Labute approximate surface area is 146 Å². The highest BCUT2D eigenvalue weighted by atomic mass is 14.8. The first kappa shape index (κ1) is 16.9. The topological polar surface area (TPSA) is 25.2 Å². The van der Waals surface area contributed by atoms with E-state index in [4.69, 9.17) is 4.99 Å². The van der Waals surface area contributed by atoms with Crippen molar-refractivity contribution in [3.8, 4) is 0 Å². The van der Waals surface area contributed by atoms with Gasteiger partial charge >= 0.3 is 0 Å². The van der Waals surface area contributed by atoms with E-state index < -0.39 is 0 Å². The summed E-state index contributed by atoms with van der Waals surface area (Å²) < 4.78 is 0. The van der Waals surface area contributed by atoms with Crippen LogP contribution in [-0.4, -0.2) is 16.7 Å². The van der Waals surface area contributed by atoms with E-state index in [0.29, 0.717) is 17.9 Å². The van der Waals surface area contributed by atoms with Gasteiger partial charge in [0.15, 0.2) is 0 Å². The normalized spacial score (nSPS) is 25.0. The van der Waals surface area contributed by atoms with Crippen molar-refractivity contribution in [3.63, 3.8) is 0 Å². The van der Waals surface area contributed by atoms with E-state index in [2.05, 4.69) is 62.2 Å². The molecular formula is C22H28N2. The molecule has 3 atom stereocenters. The van der Waals surface area contributed by atoms with Crippen LogP contribution in [0.1, 0.15) is 51.3 Å². The number of pyridine rings is 1. The largest absolute Gasteiger partial charge is 0.279 e. The summed E-state index contributed by atoms with van der Waals surface area (Å²) in [6, 6.07) is 17.0. The lowest BCUT2D eigenvalue weighted by Gasteiger charge is -2.35. The maximum atomic E-state index is 5.28. The second-order valence-corrected chi connectivity index (χ2v) is 7.45.